The van der Waals surface area contributed by atoms with Gasteiger partial charge in [0, 0.05) is 30.4 Å². The largest absolute Gasteiger partial charge is 0.363 e. The summed E-state index contributed by atoms with van der Waals surface area (Å²) in [6.07, 6.45) is 0.877. The van der Waals surface area contributed by atoms with E-state index in [4.69, 9.17) is 0 Å². The Morgan fingerprint density at radius 2 is 1.95 bits per heavy atom. The van der Waals surface area contributed by atoms with E-state index in [1.165, 1.54) is 5.56 Å². The summed E-state index contributed by atoms with van der Waals surface area (Å²) in [6, 6.07) is 16.0. The molecule has 2 aromatic carbocycles. The van der Waals surface area contributed by atoms with E-state index in [0.717, 1.165) is 24.2 Å². The van der Waals surface area contributed by atoms with Gasteiger partial charge in [-0.25, -0.2) is 0 Å². The summed E-state index contributed by atoms with van der Waals surface area (Å²) in [5.74, 6) is 0.496. The van der Waals surface area contributed by atoms with Gasteiger partial charge < -0.3 is 4.90 Å². The molecule has 0 N–H and O–H groups in total. The number of fused-ring (bicyclic) bond motifs is 1. The third kappa shape index (κ3) is 2.69. The first-order chi connectivity index (χ1) is 10.6. The average molecular weight is 296 g/mol. The minimum atomic E-state index is -0.315. The van der Waals surface area contributed by atoms with Crippen LogP contribution in [-0.4, -0.2) is 11.0 Å². The van der Waals surface area contributed by atoms with Crippen molar-refractivity contribution in [1.29, 1.82) is 0 Å². The highest BCUT2D eigenvalue weighted by atomic mass is 16.6. The maximum absolute atomic E-state index is 11.0. The molecule has 0 spiro atoms. The Balaban J connectivity index is 1.95. The summed E-state index contributed by atoms with van der Waals surface area (Å²) < 4.78 is 0. The second-order valence-corrected chi connectivity index (χ2v) is 6.20. The van der Waals surface area contributed by atoms with Crippen LogP contribution in [-0.2, 0) is 13.0 Å². The van der Waals surface area contributed by atoms with Crippen molar-refractivity contribution in [3.63, 3.8) is 0 Å². The van der Waals surface area contributed by atoms with Gasteiger partial charge in [-0.05, 0) is 29.5 Å². The molecule has 0 fully saturated rings. The Morgan fingerprint density at radius 1 is 1.23 bits per heavy atom. The summed E-state index contributed by atoms with van der Waals surface area (Å²) in [5.41, 5.74) is 3.67. The predicted octanol–water partition coefficient (Wildman–Crippen LogP) is 4.18. The number of non-ortho nitro benzene ring substituents is 1. The van der Waals surface area contributed by atoms with Gasteiger partial charge in [-0.15, -0.1) is 0 Å². The van der Waals surface area contributed by atoms with Gasteiger partial charge in [-0.1, -0.05) is 44.2 Å². The van der Waals surface area contributed by atoms with Crippen molar-refractivity contribution in [2.24, 2.45) is 5.92 Å². The number of rotatable bonds is 4. The van der Waals surface area contributed by atoms with Crippen molar-refractivity contribution < 1.29 is 4.92 Å². The summed E-state index contributed by atoms with van der Waals surface area (Å²) >= 11 is 0. The molecule has 0 aromatic heterocycles. The molecule has 1 aliphatic heterocycles. The Morgan fingerprint density at radius 3 is 2.59 bits per heavy atom. The van der Waals surface area contributed by atoms with Crippen LogP contribution in [0.1, 0.15) is 25.0 Å². The molecule has 1 aliphatic rings. The number of benzene rings is 2. The van der Waals surface area contributed by atoms with Gasteiger partial charge in [0.05, 0.1) is 4.92 Å². The second-order valence-electron chi connectivity index (χ2n) is 6.20. The first-order valence-electron chi connectivity index (χ1n) is 7.64. The Hall–Kier alpha value is -2.36. The maximum Gasteiger partial charge on any atom is 0.269 e. The van der Waals surface area contributed by atoms with E-state index in [0.29, 0.717) is 12.0 Å². The van der Waals surface area contributed by atoms with Crippen LogP contribution in [0.15, 0.2) is 48.5 Å². The second kappa shape index (κ2) is 5.79. The van der Waals surface area contributed by atoms with Gasteiger partial charge in [0.1, 0.15) is 0 Å². The minimum Gasteiger partial charge on any atom is -0.363 e. The molecule has 4 nitrogen and oxygen atoms in total. The topological polar surface area (TPSA) is 46.4 Å². The SMILES string of the molecule is CC(C)C1Cc2cc([N+](=O)[O-])ccc2N1Cc1ccccc1. The van der Waals surface area contributed by atoms with E-state index in [-0.39, 0.29) is 10.6 Å². The molecule has 0 saturated carbocycles. The molecular weight excluding hydrogens is 276 g/mol. The molecule has 2 aromatic rings. The van der Waals surface area contributed by atoms with Gasteiger partial charge >= 0.3 is 0 Å². The van der Waals surface area contributed by atoms with Crippen LogP contribution in [0.25, 0.3) is 0 Å². The Kier molecular flexibility index (Phi) is 3.84. The van der Waals surface area contributed by atoms with Crippen molar-refractivity contribution in [3.05, 3.63) is 69.8 Å². The first kappa shape index (κ1) is 14.6. The summed E-state index contributed by atoms with van der Waals surface area (Å²) in [5, 5.41) is 11.0. The average Bonchev–Trinajstić information content (AvgIpc) is 2.86. The zero-order valence-electron chi connectivity index (χ0n) is 12.9. The van der Waals surface area contributed by atoms with Crippen LogP contribution in [0, 0.1) is 16.0 Å². The summed E-state index contributed by atoms with van der Waals surface area (Å²) in [6.45, 7) is 5.26. The lowest BCUT2D eigenvalue weighted by molar-refractivity contribution is -0.384. The van der Waals surface area contributed by atoms with Gasteiger partial charge in [0.15, 0.2) is 0 Å². The Bertz CT molecular complexity index is 683. The molecule has 0 saturated heterocycles. The molecule has 22 heavy (non-hydrogen) atoms. The zero-order chi connectivity index (χ0) is 15.7. The van der Waals surface area contributed by atoms with Crippen LogP contribution >= 0.6 is 0 Å². The fourth-order valence-corrected chi connectivity index (χ4v) is 3.22. The van der Waals surface area contributed by atoms with Gasteiger partial charge in [-0.2, -0.15) is 0 Å². The first-order valence-corrected chi connectivity index (χ1v) is 7.64. The highest BCUT2D eigenvalue weighted by molar-refractivity contribution is 5.63. The standard InChI is InChI=1S/C18H20N2O2/c1-13(2)18-11-15-10-16(20(21)22)8-9-17(15)19(18)12-14-6-4-3-5-7-14/h3-10,13,18H,11-12H2,1-2H3. The van der Waals surface area contributed by atoms with Crippen LogP contribution in [0.4, 0.5) is 11.4 Å². The molecule has 4 heteroatoms. The van der Waals surface area contributed by atoms with Crippen LogP contribution in [0.3, 0.4) is 0 Å². The highest BCUT2D eigenvalue weighted by Gasteiger charge is 2.32. The fourth-order valence-electron chi connectivity index (χ4n) is 3.22. The van der Waals surface area contributed by atoms with Crippen LogP contribution in [0.2, 0.25) is 0 Å². The monoisotopic (exact) mass is 296 g/mol. The van der Waals surface area contributed by atoms with E-state index in [1.54, 1.807) is 12.1 Å². The summed E-state index contributed by atoms with van der Waals surface area (Å²) in [7, 11) is 0. The molecule has 0 radical (unpaired) electrons. The van der Waals surface area contributed by atoms with E-state index in [2.05, 4.69) is 30.9 Å². The van der Waals surface area contributed by atoms with E-state index in [1.807, 2.05) is 24.3 Å². The molecule has 114 valence electrons. The van der Waals surface area contributed by atoms with Gasteiger partial charge in [0.2, 0.25) is 0 Å². The minimum absolute atomic E-state index is 0.183. The molecule has 0 aliphatic carbocycles. The smallest absolute Gasteiger partial charge is 0.269 e. The fraction of sp³-hybridized carbons (Fsp3) is 0.333. The number of hydrogen-bond donors (Lipinski definition) is 0. The van der Waals surface area contributed by atoms with Gasteiger partial charge in [-0.3, -0.25) is 10.1 Å². The van der Waals surface area contributed by atoms with Crippen LogP contribution < -0.4 is 4.90 Å². The lowest BCUT2D eigenvalue weighted by Gasteiger charge is -2.30. The normalized spacial score (nSPS) is 16.9. The molecule has 3 rings (SSSR count). The number of nitro groups is 1. The molecule has 0 bridgehead atoms. The lowest BCUT2D eigenvalue weighted by Crippen LogP contribution is -2.35. The maximum atomic E-state index is 11.0. The van der Waals surface area contributed by atoms with E-state index < -0.39 is 0 Å². The summed E-state index contributed by atoms with van der Waals surface area (Å²) in [4.78, 5) is 13.1. The third-order valence-electron chi connectivity index (χ3n) is 4.38. The van der Waals surface area contributed by atoms with Crippen molar-refractivity contribution in [2.45, 2.75) is 32.9 Å². The van der Waals surface area contributed by atoms with Crippen molar-refractivity contribution >= 4 is 11.4 Å². The molecule has 0 amide bonds. The molecular formula is C18H20N2O2. The molecule has 1 unspecified atom stereocenters. The number of hydrogen-bond acceptors (Lipinski definition) is 3. The predicted molar refractivity (Wildman–Crippen MR) is 88.1 cm³/mol. The van der Waals surface area contributed by atoms with E-state index >= 15 is 0 Å². The van der Waals surface area contributed by atoms with E-state index in [9.17, 15) is 10.1 Å². The lowest BCUT2D eigenvalue weighted by atomic mass is 9.99. The molecule has 1 atom stereocenters. The number of nitrogens with zero attached hydrogens (tertiary/aromatic N) is 2. The number of nitro benzene ring substituents is 1. The van der Waals surface area contributed by atoms with Crippen molar-refractivity contribution in [2.75, 3.05) is 4.90 Å². The number of anilines is 1. The van der Waals surface area contributed by atoms with Crippen LogP contribution in [0.5, 0.6) is 0 Å². The quantitative estimate of drug-likeness (QED) is 0.628. The zero-order valence-corrected chi connectivity index (χ0v) is 12.9. The Labute approximate surface area is 130 Å². The third-order valence-corrected chi connectivity index (χ3v) is 4.38. The molecule has 1 heterocycles. The highest BCUT2D eigenvalue weighted by Crippen LogP contribution is 2.38. The van der Waals surface area contributed by atoms with Crippen molar-refractivity contribution in [1.82, 2.24) is 0 Å². The van der Waals surface area contributed by atoms with Crippen molar-refractivity contribution in [3.8, 4) is 0 Å². The van der Waals surface area contributed by atoms with Gasteiger partial charge in [0.25, 0.3) is 5.69 Å².